The predicted octanol–water partition coefficient (Wildman–Crippen LogP) is 2.49. The Balaban J connectivity index is 3.16. The van der Waals surface area contributed by atoms with Crippen LogP contribution >= 0.6 is 31.9 Å². The molecule has 0 aliphatic rings. The fraction of sp³-hybridized carbons (Fsp3) is 0.455. The van der Waals surface area contributed by atoms with Crippen LogP contribution < -0.4 is 5.73 Å². The number of hydrogen-bond acceptors (Lipinski definition) is 3. The molecule has 0 bridgehead atoms. The van der Waals surface area contributed by atoms with Crippen LogP contribution in [-0.4, -0.2) is 32.9 Å². The molecular formula is C11H16Br2N2O2S. The van der Waals surface area contributed by atoms with Gasteiger partial charge >= 0.3 is 0 Å². The third-order valence-electron chi connectivity index (χ3n) is 2.58. The Morgan fingerprint density at radius 2 is 1.89 bits per heavy atom. The summed E-state index contributed by atoms with van der Waals surface area (Å²) in [5.41, 5.74) is 6.37. The van der Waals surface area contributed by atoms with E-state index in [1.165, 1.54) is 4.31 Å². The monoisotopic (exact) mass is 398 g/mol. The second-order valence-electron chi connectivity index (χ2n) is 4.00. The van der Waals surface area contributed by atoms with E-state index in [-0.39, 0.29) is 4.90 Å². The van der Waals surface area contributed by atoms with Gasteiger partial charge in [0.25, 0.3) is 0 Å². The van der Waals surface area contributed by atoms with Crippen molar-refractivity contribution < 1.29 is 8.42 Å². The van der Waals surface area contributed by atoms with E-state index < -0.39 is 10.0 Å². The summed E-state index contributed by atoms with van der Waals surface area (Å²) < 4.78 is 27.4. The van der Waals surface area contributed by atoms with E-state index in [9.17, 15) is 8.42 Å². The maximum Gasteiger partial charge on any atom is 0.243 e. The topological polar surface area (TPSA) is 63.4 Å². The van der Waals surface area contributed by atoms with Crippen molar-refractivity contribution in [2.75, 3.05) is 20.1 Å². The fourth-order valence-electron chi connectivity index (χ4n) is 1.43. The van der Waals surface area contributed by atoms with E-state index in [1.807, 2.05) is 6.92 Å². The van der Waals surface area contributed by atoms with E-state index in [0.29, 0.717) is 24.0 Å². The molecule has 0 radical (unpaired) electrons. The average Bonchev–Trinajstić information content (AvgIpc) is 2.30. The third kappa shape index (κ3) is 3.54. The zero-order chi connectivity index (χ0) is 13.9. The van der Waals surface area contributed by atoms with Crippen molar-refractivity contribution in [3.63, 3.8) is 0 Å². The summed E-state index contributed by atoms with van der Waals surface area (Å²) in [6.07, 6.45) is 0.639. The Bertz CT molecular complexity index is 532. The van der Waals surface area contributed by atoms with Crippen molar-refractivity contribution in [3.05, 3.63) is 26.6 Å². The molecule has 0 unspecified atom stereocenters. The van der Waals surface area contributed by atoms with Crippen molar-refractivity contribution in [3.8, 4) is 0 Å². The highest BCUT2D eigenvalue weighted by molar-refractivity contribution is 9.11. The molecule has 0 aliphatic heterocycles. The lowest BCUT2D eigenvalue weighted by atomic mass is 10.2. The highest BCUT2D eigenvalue weighted by Gasteiger charge is 2.23. The number of hydrogen-bond donors (Lipinski definition) is 1. The largest absolute Gasteiger partial charge is 0.330 e. The lowest BCUT2D eigenvalue weighted by Gasteiger charge is -2.18. The molecule has 0 heterocycles. The molecule has 0 amide bonds. The lowest BCUT2D eigenvalue weighted by molar-refractivity contribution is 0.463. The highest BCUT2D eigenvalue weighted by atomic mass is 79.9. The van der Waals surface area contributed by atoms with Gasteiger partial charge in [-0.1, -0.05) is 15.9 Å². The molecule has 0 atom stereocenters. The first-order chi connectivity index (χ1) is 8.30. The summed E-state index contributed by atoms with van der Waals surface area (Å²) in [6, 6.07) is 3.40. The summed E-state index contributed by atoms with van der Waals surface area (Å²) in [5.74, 6) is 0. The minimum Gasteiger partial charge on any atom is -0.330 e. The van der Waals surface area contributed by atoms with Crippen molar-refractivity contribution in [2.24, 2.45) is 5.73 Å². The van der Waals surface area contributed by atoms with Crippen LogP contribution in [0.4, 0.5) is 0 Å². The molecular weight excluding hydrogens is 384 g/mol. The predicted molar refractivity (Wildman–Crippen MR) is 80.1 cm³/mol. The first-order valence-electron chi connectivity index (χ1n) is 5.42. The van der Waals surface area contributed by atoms with Gasteiger partial charge in [0.1, 0.15) is 0 Å². The summed E-state index contributed by atoms with van der Waals surface area (Å²) in [6.45, 7) is 2.79. The van der Waals surface area contributed by atoms with Crippen LogP contribution in [0.3, 0.4) is 0 Å². The maximum absolute atomic E-state index is 12.4. The van der Waals surface area contributed by atoms with Gasteiger partial charge in [-0.05, 0) is 53.5 Å². The van der Waals surface area contributed by atoms with Crippen LogP contribution in [0.2, 0.25) is 0 Å². The van der Waals surface area contributed by atoms with Gasteiger partial charge in [-0.2, -0.15) is 0 Å². The van der Waals surface area contributed by atoms with Crippen LogP contribution in [0.15, 0.2) is 26.0 Å². The van der Waals surface area contributed by atoms with E-state index in [1.54, 1.807) is 19.2 Å². The molecule has 0 aromatic heterocycles. The van der Waals surface area contributed by atoms with Gasteiger partial charge < -0.3 is 5.73 Å². The minimum absolute atomic E-state index is 0.263. The third-order valence-corrected chi connectivity index (χ3v) is 6.25. The SMILES string of the molecule is Cc1cc(Br)c(S(=O)(=O)N(C)CCCN)cc1Br. The van der Waals surface area contributed by atoms with Gasteiger partial charge in [0.05, 0.1) is 4.90 Å². The minimum atomic E-state index is -3.48. The quantitative estimate of drug-likeness (QED) is 0.827. The zero-order valence-electron chi connectivity index (χ0n) is 10.3. The molecule has 0 spiro atoms. The molecule has 7 heteroatoms. The molecule has 0 fully saturated rings. The van der Waals surface area contributed by atoms with Gasteiger partial charge in [0.2, 0.25) is 10.0 Å². The summed E-state index contributed by atoms with van der Waals surface area (Å²) in [5, 5.41) is 0. The Labute approximate surface area is 125 Å². The highest BCUT2D eigenvalue weighted by Crippen LogP contribution is 2.30. The average molecular weight is 400 g/mol. The lowest BCUT2D eigenvalue weighted by Crippen LogP contribution is -2.29. The van der Waals surface area contributed by atoms with E-state index in [2.05, 4.69) is 31.9 Å². The number of nitrogens with two attached hydrogens (primary N) is 1. The number of halogens is 2. The van der Waals surface area contributed by atoms with Crippen molar-refractivity contribution in [1.29, 1.82) is 0 Å². The van der Waals surface area contributed by atoms with Gasteiger partial charge in [-0.3, -0.25) is 0 Å². The molecule has 1 aromatic rings. The van der Waals surface area contributed by atoms with Gasteiger partial charge in [-0.15, -0.1) is 0 Å². The Hall–Kier alpha value is 0.0500. The van der Waals surface area contributed by atoms with Crippen LogP contribution in [0, 0.1) is 6.92 Å². The molecule has 1 aromatic carbocycles. The maximum atomic E-state index is 12.4. The molecule has 1 rings (SSSR count). The van der Waals surface area contributed by atoms with E-state index >= 15 is 0 Å². The smallest absolute Gasteiger partial charge is 0.243 e. The Kier molecular flexibility index (Phi) is 5.79. The zero-order valence-corrected chi connectivity index (χ0v) is 14.3. The first kappa shape index (κ1) is 16.1. The number of aryl methyl sites for hydroxylation is 1. The van der Waals surface area contributed by atoms with E-state index in [4.69, 9.17) is 5.73 Å². The first-order valence-corrected chi connectivity index (χ1v) is 8.45. The molecule has 18 heavy (non-hydrogen) atoms. The van der Waals surface area contributed by atoms with Crippen molar-refractivity contribution >= 4 is 41.9 Å². The number of benzene rings is 1. The fourth-order valence-corrected chi connectivity index (χ4v) is 4.27. The Morgan fingerprint density at radius 3 is 2.44 bits per heavy atom. The number of sulfonamides is 1. The van der Waals surface area contributed by atoms with Gasteiger partial charge in [0.15, 0.2) is 0 Å². The molecule has 4 nitrogen and oxygen atoms in total. The van der Waals surface area contributed by atoms with Crippen molar-refractivity contribution in [1.82, 2.24) is 4.31 Å². The normalized spacial score (nSPS) is 12.1. The van der Waals surface area contributed by atoms with Crippen molar-refractivity contribution in [2.45, 2.75) is 18.2 Å². The van der Waals surface area contributed by atoms with Crippen LogP contribution in [0.1, 0.15) is 12.0 Å². The van der Waals surface area contributed by atoms with Crippen LogP contribution in [0.25, 0.3) is 0 Å². The summed E-state index contributed by atoms with van der Waals surface area (Å²) >= 11 is 6.65. The molecule has 0 saturated heterocycles. The molecule has 0 saturated carbocycles. The standard InChI is InChI=1S/C11H16Br2N2O2S/c1-8-6-10(13)11(7-9(8)12)18(16,17)15(2)5-3-4-14/h6-7H,3-5,14H2,1-2H3. The van der Waals surface area contributed by atoms with Gasteiger partial charge in [0, 0.05) is 22.5 Å². The van der Waals surface area contributed by atoms with Crippen LogP contribution in [0.5, 0.6) is 0 Å². The van der Waals surface area contributed by atoms with E-state index in [0.717, 1.165) is 10.0 Å². The van der Waals surface area contributed by atoms with Gasteiger partial charge in [-0.25, -0.2) is 12.7 Å². The van der Waals surface area contributed by atoms with Crippen LogP contribution in [-0.2, 0) is 10.0 Å². The molecule has 102 valence electrons. The second kappa shape index (κ2) is 6.47. The number of nitrogens with zero attached hydrogens (tertiary/aromatic N) is 1. The summed E-state index contributed by atoms with van der Waals surface area (Å²) in [7, 11) is -1.92. The molecule has 0 aliphatic carbocycles. The molecule has 2 N–H and O–H groups in total. The Morgan fingerprint density at radius 1 is 1.28 bits per heavy atom. The second-order valence-corrected chi connectivity index (χ2v) is 7.72. The number of rotatable bonds is 5. The summed E-state index contributed by atoms with van der Waals surface area (Å²) in [4.78, 5) is 0.263.